The molecule has 1 aromatic heterocycles. The van der Waals surface area contributed by atoms with Gasteiger partial charge in [-0.1, -0.05) is 54.3 Å². The molecule has 0 saturated carbocycles. The van der Waals surface area contributed by atoms with Crippen LogP contribution in [-0.4, -0.2) is 21.8 Å². The smallest absolute Gasteiger partial charge is 0.266 e. The molecule has 0 atom stereocenters. The molecular formula is C36H26N2O3. The Balaban J connectivity index is 1.38. The number of nitrogens with zero attached hydrogens (tertiary/aromatic N) is 2. The van der Waals surface area contributed by atoms with Crippen LogP contribution >= 0.6 is 0 Å². The highest BCUT2D eigenvalue weighted by molar-refractivity contribution is 5.85. The van der Waals surface area contributed by atoms with Gasteiger partial charge in [-0.3, -0.25) is 9.36 Å². The second kappa shape index (κ2) is 10.9. The van der Waals surface area contributed by atoms with Crippen molar-refractivity contribution in [3.05, 3.63) is 142 Å². The van der Waals surface area contributed by atoms with Crippen LogP contribution in [0.25, 0.3) is 39.5 Å². The van der Waals surface area contributed by atoms with Gasteiger partial charge in [-0.2, -0.15) is 0 Å². The molecule has 0 bridgehead atoms. The zero-order valence-electron chi connectivity index (χ0n) is 22.6. The molecule has 0 spiro atoms. The third-order valence-corrected chi connectivity index (χ3v) is 6.96. The minimum atomic E-state index is -0.143. The number of hydrogen-bond donors (Lipinski definition) is 1. The van der Waals surface area contributed by atoms with E-state index in [0.717, 1.165) is 44.5 Å². The molecule has 41 heavy (non-hydrogen) atoms. The van der Waals surface area contributed by atoms with Crippen LogP contribution in [0, 0.1) is 18.8 Å². The van der Waals surface area contributed by atoms with E-state index in [1.54, 1.807) is 42.0 Å². The molecule has 198 valence electrons. The van der Waals surface area contributed by atoms with Crippen molar-refractivity contribution in [1.82, 2.24) is 9.55 Å². The maximum Gasteiger partial charge on any atom is 0.266 e. The standard InChI is InChI=1S/C36H26N2O3/c1-24-21-26(7-8-27-9-14-29-23-31(41-2)18-15-28(29)22-27)12-19-34(24)38-35(20-13-25-10-16-30(39)17-11-25)37-33-6-4-3-5-32(33)36(38)40/h3-6,9-23,39H,1-2H3. The van der Waals surface area contributed by atoms with Gasteiger partial charge in [-0.05, 0) is 102 Å². The highest BCUT2D eigenvalue weighted by atomic mass is 16.5. The lowest BCUT2D eigenvalue weighted by molar-refractivity contribution is 0.415. The van der Waals surface area contributed by atoms with Crippen LogP contribution in [-0.2, 0) is 0 Å². The Morgan fingerprint density at radius 1 is 0.805 bits per heavy atom. The quantitative estimate of drug-likeness (QED) is 0.244. The Morgan fingerprint density at radius 2 is 1.51 bits per heavy atom. The fourth-order valence-corrected chi connectivity index (χ4v) is 4.81. The minimum absolute atomic E-state index is 0.143. The van der Waals surface area contributed by atoms with Crippen LogP contribution in [0.2, 0.25) is 0 Å². The summed E-state index contributed by atoms with van der Waals surface area (Å²) in [5.41, 5.74) is 4.78. The predicted octanol–water partition coefficient (Wildman–Crippen LogP) is 7.13. The van der Waals surface area contributed by atoms with Crippen LogP contribution in [0.5, 0.6) is 11.5 Å². The van der Waals surface area contributed by atoms with E-state index in [1.165, 1.54) is 0 Å². The summed E-state index contributed by atoms with van der Waals surface area (Å²) in [7, 11) is 1.66. The minimum Gasteiger partial charge on any atom is -0.508 e. The number of ether oxygens (including phenoxy) is 1. The molecule has 6 aromatic rings. The molecule has 1 N–H and O–H groups in total. The Morgan fingerprint density at radius 3 is 2.29 bits per heavy atom. The summed E-state index contributed by atoms with van der Waals surface area (Å²) in [5.74, 6) is 8.07. The van der Waals surface area contributed by atoms with Gasteiger partial charge >= 0.3 is 0 Å². The topological polar surface area (TPSA) is 64.3 Å². The van der Waals surface area contributed by atoms with Crippen molar-refractivity contribution < 1.29 is 9.84 Å². The molecule has 5 nitrogen and oxygen atoms in total. The second-order valence-electron chi connectivity index (χ2n) is 9.73. The summed E-state index contributed by atoms with van der Waals surface area (Å²) < 4.78 is 6.96. The van der Waals surface area contributed by atoms with E-state index in [4.69, 9.17) is 9.72 Å². The maximum absolute atomic E-state index is 13.7. The van der Waals surface area contributed by atoms with Crippen molar-refractivity contribution >= 4 is 33.8 Å². The Kier molecular flexibility index (Phi) is 6.81. The van der Waals surface area contributed by atoms with E-state index in [0.29, 0.717) is 16.7 Å². The van der Waals surface area contributed by atoms with Gasteiger partial charge in [-0.25, -0.2) is 4.98 Å². The molecular weight excluding hydrogens is 508 g/mol. The van der Waals surface area contributed by atoms with Gasteiger partial charge in [0.15, 0.2) is 0 Å². The summed E-state index contributed by atoms with van der Waals surface area (Å²) in [6.07, 6.45) is 3.70. The van der Waals surface area contributed by atoms with Crippen LogP contribution in [0.1, 0.15) is 28.1 Å². The summed E-state index contributed by atoms with van der Waals surface area (Å²) >= 11 is 0. The van der Waals surface area contributed by atoms with Crippen LogP contribution < -0.4 is 10.3 Å². The van der Waals surface area contributed by atoms with Crippen LogP contribution in [0.4, 0.5) is 0 Å². The normalized spacial score (nSPS) is 11.1. The number of aromatic hydroxyl groups is 1. The van der Waals surface area contributed by atoms with E-state index in [2.05, 4.69) is 17.9 Å². The van der Waals surface area contributed by atoms with Crippen LogP contribution in [0.3, 0.4) is 0 Å². The first-order chi connectivity index (χ1) is 20.0. The van der Waals surface area contributed by atoms with Crippen molar-refractivity contribution in [2.75, 3.05) is 7.11 Å². The summed E-state index contributed by atoms with van der Waals surface area (Å²) in [6.45, 7) is 1.97. The number of para-hydroxylation sites is 1. The number of hydrogen-bond acceptors (Lipinski definition) is 4. The molecule has 5 aromatic carbocycles. The molecule has 5 heteroatoms. The lowest BCUT2D eigenvalue weighted by Gasteiger charge is -2.14. The Hall–Kier alpha value is -5.60. The molecule has 0 aliphatic carbocycles. The van der Waals surface area contributed by atoms with E-state index in [-0.39, 0.29) is 11.3 Å². The SMILES string of the molecule is COc1ccc2cc(C#Cc3ccc(-n4c(C=Cc5ccc(O)cc5)nc5ccccc5c4=O)c(C)c3)ccc2c1. The predicted molar refractivity (Wildman–Crippen MR) is 166 cm³/mol. The van der Waals surface area contributed by atoms with Gasteiger partial charge in [0.05, 0.1) is 23.7 Å². The summed E-state index contributed by atoms with van der Waals surface area (Å²) in [4.78, 5) is 18.5. The van der Waals surface area contributed by atoms with Crippen molar-refractivity contribution in [3.8, 4) is 29.0 Å². The fourth-order valence-electron chi connectivity index (χ4n) is 4.81. The first-order valence-electron chi connectivity index (χ1n) is 13.2. The number of aryl methyl sites for hydroxylation is 1. The highest BCUT2D eigenvalue weighted by Gasteiger charge is 2.13. The molecule has 0 aliphatic heterocycles. The first-order valence-corrected chi connectivity index (χ1v) is 13.2. The molecule has 0 fully saturated rings. The zero-order chi connectivity index (χ0) is 28.3. The molecule has 6 rings (SSSR count). The van der Waals surface area contributed by atoms with E-state index < -0.39 is 0 Å². The highest BCUT2D eigenvalue weighted by Crippen LogP contribution is 2.23. The largest absolute Gasteiger partial charge is 0.508 e. The number of fused-ring (bicyclic) bond motifs is 2. The van der Waals surface area contributed by atoms with E-state index in [9.17, 15) is 9.90 Å². The molecule has 0 radical (unpaired) electrons. The number of methoxy groups -OCH3 is 1. The zero-order valence-corrected chi connectivity index (χ0v) is 22.6. The molecule has 1 heterocycles. The molecule has 0 unspecified atom stereocenters. The lowest BCUT2D eigenvalue weighted by atomic mass is 10.1. The number of rotatable bonds is 4. The van der Waals surface area contributed by atoms with Gasteiger partial charge in [0.25, 0.3) is 5.56 Å². The third-order valence-electron chi connectivity index (χ3n) is 6.96. The van der Waals surface area contributed by atoms with Crippen molar-refractivity contribution in [1.29, 1.82) is 0 Å². The van der Waals surface area contributed by atoms with Crippen molar-refractivity contribution in [3.63, 3.8) is 0 Å². The van der Waals surface area contributed by atoms with Gasteiger partial charge < -0.3 is 9.84 Å². The van der Waals surface area contributed by atoms with Gasteiger partial charge in [-0.15, -0.1) is 0 Å². The van der Waals surface area contributed by atoms with Crippen molar-refractivity contribution in [2.45, 2.75) is 6.92 Å². The van der Waals surface area contributed by atoms with Gasteiger partial charge in [0, 0.05) is 11.1 Å². The van der Waals surface area contributed by atoms with E-state index in [1.807, 2.05) is 85.8 Å². The summed E-state index contributed by atoms with van der Waals surface area (Å²) in [6, 6.07) is 32.1. The first kappa shape index (κ1) is 25.7. The van der Waals surface area contributed by atoms with Gasteiger partial charge in [0.1, 0.15) is 17.3 Å². The number of phenolic OH excluding ortho intramolecular Hbond substituents is 1. The average molecular weight is 535 g/mol. The third kappa shape index (κ3) is 5.32. The number of phenols is 1. The molecule has 0 amide bonds. The summed E-state index contributed by atoms with van der Waals surface area (Å²) in [5, 5.41) is 12.4. The maximum atomic E-state index is 13.7. The molecule has 0 aliphatic rings. The Bertz CT molecular complexity index is 2080. The lowest BCUT2D eigenvalue weighted by Crippen LogP contribution is -2.23. The molecule has 0 saturated heterocycles. The van der Waals surface area contributed by atoms with Crippen molar-refractivity contribution in [2.24, 2.45) is 0 Å². The number of benzene rings is 5. The van der Waals surface area contributed by atoms with Gasteiger partial charge in [0.2, 0.25) is 0 Å². The van der Waals surface area contributed by atoms with Crippen LogP contribution in [0.15, 0.2) is 108 Å². The monoisotopic (exact) mass is 534 g/mol. The second-order valence-corrected chi connectivity index (χ2v) is 9.73. The number of aromatic nitrogens is 2. The van der Waals surface area contributed by atoms with E-state index >= 15 is 0 Å². The Labute approximate surface area is 237 Å². The average Bonchev–Trinajstić information content (AvgIpc) is 3.00. The fraction of sp³-hybridized carbons (Fsp3) is 0.0556.